The number of aryl methyl sites for hydroxylation is 2. The van der Waals surface area contributed by atoms with Crippen molar-refractivity contribution in [2.75, 3.05) is 11.4 Å². The Kier molecular flexibility index (Phi) is 4.48. The van der Waals surface area contributed by atoms with E-state index in [2.05, 4.69) is 24.8 Å². The number of hydrogen-bond donors (Lipinski definition) is 1. The lowest BCUT2D eigenvalue weighted by Gasteiger charge is -2.33. The highest BCUT2D eigenvalue weighted by atomic mass is 15.2. The van der Waals surface area contributed by atoms with Gasteiger partial charge in [-0.2, -0.15) is 0 Å². The highest BCUT2D eigenvalue weighted by Gasteiger charge is 2.27. The van der Waals surface area contributed by atoms with Gasteiger partial charge in [0.15, 0.2) is 0 Å². The van der Waals surface area contributed by atoms with E-state index < -0.39 is 0 Å². The number of hydrogen-bond acceptors (Lipinski definition) is 3. The lowest BCUT2D eigenvalue weighted by Crippen LogP contribution is -2.38. The van der Waals surface area contributed by atoms with E-state index in [0.717, 1.165) is 13.0 Å². The van der Waals surface area contributed by atoms with Crippen LogP contribution in [0, 0.1) is 5.92 Å². The number of aromatic nitrogens is 1. The molecule has 0 saturated heterocycles. The van der Waals surface area contributed by atoms with Crippen LogP contribution in [0.1, 0.15) is 62.8 Å². The SMILES string of the molecule is CC(C)CN(c1nc2c(cc1CN)CCC2)C1CCCC1. The van der Waals surface area contributed by atoms with Crippen molar-refractivity contribution in [2.24, 2.45) is 11.7 Å². The average Bonchev–Trinajstić information content (AvgIpc) is 3.13. The van der Waals surface area contributed by atoms with Gasteiger partial charge in [-0.1, -0.05) is 26.7 Å². The molecule has 3 rings (SSSR count). The fourth-order valence-corrected chi connectivity index (χ4v) is 3.93. The first-order valence-electron chi connectivity index (χ1n) is 8.67. The minimum Gasteiger partial charge on any atom is -0.353 e. The van der Waals surface area contributed by atoms with E-state index in [-0.39, 0.29) is 0 Å². The van der Waals surface area contributed by atoms with E-state index in [9.17, 15) is 0 Å². The third-order valence-corrected chi connectivity index (χ3v) is 4.93. The lowest BCUT2D eigenvalue weighted by molar-refractivity contribution is 0.529. The van der Waals surface area contributed by atoms with Gasteiger partial charge in [0, 0.05) is 30.4 Å². The molecule has 1 saturated carbocycles. The third kappa shape index (κ3) is 3.08. The summed E-state index contributed by atoms with van der Waals surface area (Å²) in [5.74, 6) is 1.85. The maximum Gasteiger partial charge on any atom is 0.133 e. The van der Waals surface area contributed by atoms with Gasteiger partial charge in [-0.05, 0) is 49.7 Å². The van der Waals surface area contributed by atoms with Crippen LogP contribution in [0.2, 0.25) is 0 Å². The third-order valence-electron chi connectivity index (χ3n) is 4.93. The summed E-state index contributed by atoms with van der Waals surface area (Å²) in [6.07, 6.45) is 8.94. The summed E-state index contributed by atoms with van der Waals surface area (Å²) in [5.41, 5.74) is 10.1. The standard InChI is InChI=1S/C18H29N3/c1-13(2)12-21(16-7-3-4-8-16)18-15(11-19)10-14-6-5-9-17(14)20-18/h10,13,16H,3-9,11-12,19H2,1-2H3. The van der Waals surface area contributed by atoms with Crippen LogP contribution in [0.25, 0.3) is 0 Å². The van der Waals surface area contributed by atoms with Crippen LogP contribution in [0.5, 0.6) is 0 Å². The molecule has 0 unspecified atom stereocenters. The molecule has 1 fully saturated rings. The molecular formula is C18H29N3. The van der Waals surface area contributed by atoms with E-state index in [0.29, 0.717) is 18.5 Å². The Morgan fingerprint density at radius 1 is 1.24 bits per heavy atom. The van der Waals surface area contributed by atoms with Crippen molar-refractivity contribution in [1.82, 2.24) is 4.98 Å². The first kappa shape index (κ1) is 14.8. The predicted octanol–water partition coefficient (Wildman–Crippen LogP) is 3.43. The molecule has 3 heteroatoms. The molecule has 1 heterocycles. The summed E-state index contributed by atoms with van der Waals surface area (Å²) >= 11 is 0. The molecule has 2 aliphatic rings. The van der Waals surface area contributed by atoms with Crippen LogP contribution < -0.4 is 10.6 Å². The van der Waals surface area contributed by atoms with Gasteiger partial charge < -0.3 is 10.6 Å². The summed E-state index contributed by atoms with van der Waals surface area (Å²) < 4.78 is 0. The fourth-order valence-electron chi connectivity index (χ4n) is 3.93. The number of anilines is 1. The summed E-state index contributed by atoms with van der Waals surface area (Å²) in [7, 11) is 0. The number of nitrogens with zero attached hydrogens (tertiary/aromatic N) is 2. The molecule has 21 heavy (non-hydrogen) atoms. The van der Waals surface area contributed by atoms with Crippen molar-refractivity contribution in [3.8, 4) is 0 Å². The molecule has 0 atom stereocenters. The van der Waals surface area contributed by atoms with Gasteiger partial charge in [0.1, 0.15) is 5.82 Å². The summed E-state index contributed by atoms with van der Waals surface area (Å²) in [4.78, 5) is 7.65. The highest BCUT2D eigenvalue weighted by Crippen LogP contribution is 2.33. The number of nitrogens with two attached hydrogens (primary N) is 1. The zero-order valence-corrected chi connectivity index (χ0v) is 13.6. The van der Waals surface area contributed by atoms with Crippen LogP contribution in [-0.2, 0) is 19.4 Å². The fraction of sp³-hybridized carbons (Fsp3) is 0.722. The summed E-state index contributed by atoms with van der Waals surface area (Å²) in [5, 5.41) is 0. The van der Waals surface area contributed by atoms with Crippen molar-refractivity contribution in [3.63, 3.8) is 0 Å². The van der Waals surface area contributed by atoms with Crippen LogP contribution in [0.3, 0.4) is 0 Å². The van der Waals surface area contributed by atoms with Crippen LogP contribution in [0.15, 0.2) is 6.07 Å². The Labute approximate surface area is 128 Å². The molecule has 0 spiro atoms. The Balaban J connectivity index is 1.97. The first-order chi connectivity index (χ1) is 10.2. The molecule has 1 aromatic rings. The quantitative estimate of drug-likeness (QED) is 0.902. The molecule has 0 radical (unpaired) electrons. The van der Waals surface area contributed by atoms with Crippen molar-refractivity contribution in [3.05, 3.63) is 22.9 Å². The van der Waals surface area contributed by atoms with E-state index in [1.165, 1.54) is 61.2 Å². The molecule has 2 aliphatic carbocycles. The van der Waals surface area contributed by atoms with Gasteiger partial charge >= 0.3 is 0 Å². The number of fused-ring (bicyclic) bond motifs is 1. The summed E-state index contributed by atoms with van der Waals surface area (Å²) in [6.45, 7) is 6.31. The van der Waals surface area contributed by atoms with Crippen molar-refractivity contribution >= 4 is 5.82 Å². The smallest absolute Gasteiger partial charge is 0.133 e. The topological polar surface area (TPSA) is 42.2 Å². The van der Waals surface area contributed by atoms with E-state index >= 15 is 0 Å². The van der Waals surface area contributed by atoms with E-state index in [1.807, 2.05) is 0 Å². The second kappa shape index (κ2) is 6.35. The van der Waals surface area contributed by atoms with Gasteiger partial charge in [-0.25, -0.2) is 4.98 Å². The van der Waals surface area contributed by atoms with E-state index in [1.54, 1.807) is 0 Å². The minimum atomic E-state index is 0.608. The maximum atomic E-state index is 6.05. The zero-order chi connectivity index (χ0) is 14.8. The number of rotatable bonds is 5. The zero-order valence-electron chi connectivity index (χ0n) is 13.6. The molecule has 3 nitrogen and oxygen atoms in total. The Morgan fingerprint density at radius 2 is 2.00 bits per heavy atom. The van der Waals surface area contributed by atoms with Crippen molar-refractivity contribution < 1.29 is 0 Å². The van der Waals surface area contributed by atoms with Crippen molar-refractivity contribution in [2.45, 2.75) is 71.4 Å². The molecule has 0 aliphatic heterocycles. The molecule has 0 amide bonds. The highest BCUT2D eigenvalue weighted by molar-refractivity contribution is 5.52. The second-order valence-corrected chi connectivity index (χ2v) is 7.12. The molecule has 0 aromatic carbocycles. The summed E-state index contributed by atoms with van der Waals surface area (Å²) in [6, 6.07) is 3.01. The van der Waals surface area contributed by atoms with Gasteiger partial charge in [-0.3, -0.25) is 0 Å². The molecule has 1 aromatic heterocycles. The lowest BCUT2D eigenvalue weighted by atomic mass is 10.1. The van der Waals surface area contributed by atoms with Crippen LogP contribution in [-0.4, -0.2) is 17.6 Å². The first-order valence-corrected chi connectivity index (χ1v) is 8.67. The van der Waals surface area contributed by atoms with Gasteiger partial charge in [0.05, 0.1) is 0 Å². The monoisotopic (exact) mass is 287 g/mol. The van der Waals surface area contributed by atoms with Gasteiger partial charge in [0.2, 0.25) is 0 Å². The maximum absolute atomic E-state index is 6.05. The minimum absolute atomic E-state index is 0.608. The Hall–Kier alpha value is -1.09. The Bertz CT molecular complexity index is 489. The molecule has 0 bridgehead atoms. The van der Waals surface area contributed by atoms with Gasteiger partial charge in [0.25, 0.3) is 0 Å². The predicted molar refractivity (Wildman–Crippen MR) is 88.6 cm³/mol. The molecule has 2 N–H and O–H groups in total. The second-order valence-electron chi connectivity index (χ2n) is 7.12. The number of pyridine rings is 1. The largest absolute Gasteiger partial charge is 0.353 e. The molecular weight excluding hydrogens is 258 g/mol. The molecule has 116 valence electrons. The normalized spacial score (nSPS) is 18.5. The van der Waals surface area contributed by atoms with Crippen LogP contribution in [0.4, 0.5) is 5.82 Å². The average molecular weight is 287 g/mol. The van der Waals surface area contributed by atoms with Gasteiger partial charge in [-0.15, -0.1) is 0 Å². The van der Waals surface area contributed by atoms with Crippen LogP contribution >= 0.6 is 0 Å². The Morgan fingerprint density at radius 3 is 2.67 bits per heavy atom. The van der Waals surface area contributed by atoms with E-state index in [4.69, 9.17) is 10.7 Å². The van der Waals surface area contributed by atoms with Crippen molar-refractivity contribution in [1.29, 1.82) is 0 Å².